The van der Waals surface area contributed by atoms with Gasteiger partial charge in [-0.1, -0.05) is 22.0 Å². The summed E-state index contributed by atoms with van der Waals surface area (Å²) in [4.78, 5) is 12.6. The molecule has 3 N–H and O–H groups in total. The van der Waals surface area contributed by atoms with Gasteiger partial charge in [0.1, 0.15) is 4.90 Å². The molecule has 2 aromatic rings. The van der Waals surface area contributed by atoms with E-state index in [-0.39, 0.29) is 4.90 Å². The predicted octanol–water partition coefficient (Wildman–Crippen LogP) is 2.73. The number of hydrogen-bond acceptors (Lipinski definition) is 4. The van der Waals surface area contributed by atoms with Crippen LogP contribution in [0, 0.1) is 13.8 Å². The number of aryl methyl sites for hydroxylation is 2. The number of carbonyl (C=O) groups excluding carboxylic acids is 1. The van der Waals surface area contributed by atoms with E-state index in [0.29, 0.717) is 11.4 Å². The SMILES string of the molecule is Cc1ccc2c(c1)NC(C(=O)Nc1ccc(Br)c(C)c1)NS2(=O)=O. The monoisotopic (exact) mass is 409 g/mol. The molecule has 1 atom stereocenters. The number of amides is 1. The Kier molecular flexibility index (Phi) is 4.37. The molecule has 1 amide bonds. The van der Waals surface area contributed by atoms with Crippen LogP contribution in [-0.4, -0.2) is 20.5 Å². The molecule has 0 aliphatic carbocycles. The Morgan fingerprint density at radius 1 is 1.17 bits per heavy atom. The van der Waals surface area contributed by atoms with E-state index in [9.17, 15) is 13.2 Å². The van der Waals surface area contributed by atoms with Crippen LogP contribution in [0.15, 0.2) is 45.8 Å². The molecular weight excluding hydrogens is 394 g/mol. The third kappa shape index (κ3) is 3.31. The second-order valence-electron chi connectivity index (χ2n) is 5.65. The lowest BCUT2D eigenvalue weighted by molar-refractivity contribution is -0.117. The molecule has 1 aliphatic rings. The number of nitrogens with one attached hydrogen (secondary N) is 3. The predicted molar refractivity (Wildman–Crippen MR) is 96.4 cm³/mol. The Labute approximate surface area is 148 Å². The molecule has 126 valence electrons. The topological polar surface area (TPSA) is 87.3 Å². The van der Waals surface area contributed by atoms with Gasteiger partial charge in [0.05, 0.1) is 5.69 Å². The van der Waals surface area contributed by atoms with Crippen LogP contribution in [0.25, 0.3) is 0 Å². The molecule has 1 unspecified atom stereocenters. The average molecular weight is 410 g/mol. The van der Waals surface area contributed by atoms with E-state index < -0.39 is 22.1 Å². The van der Waals surface area contributed by atoms with Gasteiger partial charge in [0.2, 0.25) is 10.0 Å². The molecule has 0 saturated carbocycles. The van der Waals surface area contributed by atoms with E-state index in [1.54, 1.807) is 24.3 Å². The lowest BCUT2D eigenvalue weighted by atomic mass is 10.2. The Balaban J connectivity index is 1.85. The molecule has 2 aromatic carbocycles. The standard InChI is InChI=1S/C16H16BrN3O3S/c1-9-3-6-14-13(7-9)19-15(20-24(14,22)23)16(21)18-11-4-5-12(17)10(2)8-11/h3-8,15,19-20H,1-2H3,(H,18,21). The highest BCUT2D eigenvalue weighted by Crippen LogP contribution is 2.27. The minimum atomic E-state index is -3.74. The van der Waals surface area contributed by atoms with E-state index >= 15 is 0 Å². The van der Waals surface area contributed by atoms with E-state index in [1.807, 2.05) is 19.9 Å². The molecule has 0 spiro atoms. The van der Waals surface area contributed by atoms with Gasteiger partial charge in [-0.3, -0.25) is 4.79 Å². The Hall–Kier alpha value is -1.90. The number of carbonyl (C=O) groups is 1. The van der Waals surface area contributed by atoms with Crippen molar-refractivity contribution in [2.45, 2.75) is 24.9 Å². The van der Waals surface area contributed by atoms with Crippen LogP contribution in [0.5, 0.6) is 0 Å². The average Bonchev–Trinajstić information content (AvgIpc) is 2.49. The van der Waals surface area contributed by atoms with Crippen LogP contribution >= 0.6 is 15.9 Å². The van der Waals surface area contributed by atoms with Gasteiger partial charge in [0.15, 0.2) is 6.17 Å². The summed E-state index contributed by atoms with van der Waals surface area (Å²) in [5.74, 6) is -0.479. The molecule has 8 heteroatoms. The van der Waals surface area contributed by atoms with Crippen LogP contribution in [0.1, 0.15) is 11.1 Å². The first-order valence-corrected chi connectivity index (χ1v) is 9.50. The summed E-state index contributed by atoms with van der Waals surface area (Å²) in [7, 11) is -3.74. The van der Waals surface area contributed by atoms with E-state index in [0.717, 1.165) is 15.6 Å². The molecule has 1 aliphatic heterocycles. The minimum Gasteiger partial charge on any atom is -0.360 e. The van der Waals surface area contributed by atoms with Crippen molar-refractivity contribution in [2.24, 2.45) is 0 Å². The summed E-state index contributed by atoms with van der Waals surface area (Å²) in [6, 6.07) is 10.3. The van der Waals surface area contributed by atoms with Gasteiger partial charge in [-0.2, -0.15) is 4.72 Å². The third-order valence-corrected chi connectivity index (χ3v) is 6.06. The Bertz CT molecular complexity index is 928. The Morgan fingerprint density at radius 3 is 2.62 bits per heavy atom. The molecule has 3 rings (SSSR count). The molecule has 0 aromatic heterocycles. The quantitative estimate of drug-likeness (QED) is 0.711. The van der Waals surface area contributed by atoms with Crippen molar-refractivity contribution in [1.29, 1.82) is 0 Å². The second-order valence-corrected chi connectivity index (χ2v) is 8.19. The minimum absolute atomic E-state index is 0.136. The zero-order chi connectivity index (χ0) is 17.5. The maximum Gasteiger partial charge on any atom is 0.262 e. The number of fused-ring (bicyclic) bond motifs is 1. The highest BCUT2D eigenvalue weighted by molar-refractivity contribution is 9.10. The molecule has 0 fully saturated rings. The first-order chi connectivity index (χ1) is 11.3. The zero-order valence-corrected chi connectivity index (χ0v) is 15.5. The molecule has 24 heavy (non-hydrogen) atoms. The number of rotatable bonds is 2. The summed E-state index contributed by atoms with van der Waals surface area (Å²) in [5, 5.41) is 5.64. The molecular formula is C16H16BrN3O3S. The smallest absolute Gasteiger partial charge is 0.262 e. The maximum absolute atomic E-state index is 12.4. The molecule has 6 nitrogen and oxygen atoms in total. The fourth-order valence-corrected chi connectivity index (χ4v) is 3.95. The first kappa shape index (κ1) is 16.9. The summed E-state index contributed by atoms with van der Waals surface area (Å²) >= 11 is 3.40. The van der Waals surface area contributed by atoms with E-state index in [2.05, 4.69) is 31.3 Å². The van der Waals surface area contributed by atoms with Crippen molar-refractivity contribution >= 4 is 43.2 Å². The molecule has 0 saturated heterocycles. The van der Waals surface area contributed by atoms with Gasteiger partial charge < -0.3 is 10.6 Å². The highest BCUT2D eigenvalue weighted by Gasteiger charge is 2.33. The summed E-state index contributed by atoms with van der Waals surface area (Å²) in [6.07, 6.45) is -1.08. The molecule has 0 radical (unpaired) electrons. The van der Waals surface area contributed by atoms with Crippen LogP contribution in [-0.2, 0) is 14.8 Å². The van der Waals surface area contributed by atoms with Crippen molar-refractivity contribution in [2.75, 3.05) is 10.6 Å². The van der Waals surface area contributed by atoms with Crippen molar-refractivity contribution < 1.29 is 13.2 Å². The fraction of sp³-hybridized carbons (Fsp3) is 0.188. The van der Waals surface area contributed by atoms with Crippen molar-refractivity contribution in [3.8, 4) is 0 Å². The number of halogens is 1. The van der Waals surface area contributed by atoms with E-state index in [4.69, 9.17) is 0 Å². The Morgan fingerprint density at radius 2 is 1.92 bits per heavy atom. The van der Waals surface area contributed by atoms with Gasteiger partial charge in [-0.25, -0.2) is 8.42 Å². The second kappa shape index (κ2) is 6.19. The lowest BCUT2D eigenvalue weighted by Crippen LogP contribution is -2.51. The highest BCUT2D eigenvalue weighted by atomic mass is 79.9. The maximum atomic E-state index is 12.4. The molecule has 0 bridgehead atoms. The van der Waals surface area contributed by atoms with Crippen molar-refractivity contribution in [3.05, 3.63) is 52.0 Å². The van der Waals surface area contributed by atoms with Crippen molar-refractivity contribution in [3.63, 3.8) is 0 Å². The summed E-state index contributed by atoms with van der Waals surface area (Å²) in [5.41, 5.74) is 2.88. The van der Waals surface area contributed by atoms with Crippen LogP contribution in [0.3, 0.4) is 0 Å². The number of benzene rings is 2. The van der Waals surface area contributed by atoms with Gasteiger partial charge >= 0.3 is 0 Å². The van der Waals surface area contributed by atoms with Gasteiger partial charge in [-0.05, 0) is 55.3 Å². The van der Waals surface area contributed by atoms with Crippen LogP contribution in [0.4, 0.5) is 11.4 Å². The van der Waals surface area contributed by atoms with Gasteiger partial charge in [-0.15, -0.1) is 0 Å². The molecule has 1 heterocycles. The fourth-order valence-electron chi connectivity index (χ4n) is 2.45. The summed E-state index contributed by atoms with van der Waals surface area (Å²) < 4.78 is 27.9. The third-order valence-electron chi connectivity index (χ3n) is 3.69. The first-order valence-electron chi connectivity index (χ1n) is 7.23. The van der Waals surface area contributed by atoms with Gasteiger partial charge in [0, 0.05) is 10.2 Å². The lowest BCUT2D eigenvalue weighted by Gasteiger charge is -2.27. The van der Waals surface area contributed by atoms with Crippen LogP contribution in [0.2, 0.25) is 0 Å². The van der Waals surface area contributed by atoms with Crippen LogP contribution < -0.4 is 15.4 Å². The number of hydrogen-bond donors (Lipinski definition) is 3. The largest absolute Gasteiger partial charge is 0.360 e. The number of anilines is 2. The normalized spacial score (nSPS) is 18.4. The van der Waals surface area contributed by atoms with E-state index in [1.165, 1.54) is 6.07 Å². The number of sulfonamides is 1. The van der Waals surface area contributed by atoms with Crippen molar-refractivity contribution in [1.82, 2.24) is 4.72 Å². The van der Waals surface area contributed by atoms with Gasteiger partial charge in [0.25, 0.3) is 5.91 Å². The summed E-state index contributed by atoms with van der Waals surface area (Å²) in [6.45, 7) is 3.76. The zero-order valence-electron chi connectivity index (χ0n) is 13.1.